The lowest BCUT2D eigenvalue weighted by Crippen LogP contribution is -2.06. The maximum absolute atomic E-state index is 9.75. The highest BCUT2D eigenvalue weighted by Crippen LogP contribution is 2.45. The second kappa shape index (κ2) is 31.9. The van der Waals surface area contributed by atoms with Crippen molar-refractivity contribution in [3.63, 3.8) is 0 Å². The Labute approximate surface area is 337 Å². The van der Waals surface area contributed by atoms with E-state index in [1.165, 1.54) is 0 Å². The van der Waals surface area contributed by atoms with Crippen molar-refractivity contribution < 1.29 is 148 Å². The molecule has 0 aliphatic carbocycles. The maximum Gasteiger partial charge on any atom is 0.673 e. The van der Waals surface area contributed by atoms with Crippen molar-refractivity contribution in [3.05, 3.63) is 46.4 Å². The Hall–Kier alpha value is -4.84. The average Bonchev–Trinajstić information content (AvgIpc) is 2.89. The zero-order valence-corrected chi connectivity index (χ0v) is 30.9. The third-order valence-corrected chi connectivity index (χ3v) is 3.19. The van der Waals surface area contributed by atoms with E-state index >= 15 is 0 Å². The lowest BCUT2D eigenvalue weighted by Gasteiger charge is -2.11. The molecule has 0 fully saturated rings. The predicted octanol–water partition coefficient (Wildman–Crippen LogP) is 16.3. The Bertz CT molecular complexity index is 1400. The van der Waals surface area contributed by atoms with Crippen molar-refractivity contribution >= 4 is 69.4 Å². The van der Waals surface area contributed by atoms with Crippen LogP contribution in [0.4, 0.5) is 149 Å². The molecule has 0 amide bonds. The molecule has 0 aliphatic heterocycles. The lowest BCUT2D eigenvalue weighted by molar-refractivity contribution is 0.242. The fourth-order valence-electron chi connectivity index (χ4n) is 2.33. The number of ether oxygens (including phenoxy) is 2. The van der Waals surface area contributed by atoms with Crippen molar-refractivity contribution in [2.75, 3.05) is 0 Å². The Morgan fingerprint density at radius 1 is 0.391 bits per heavy atom. The summed E-state index contributed by atoms with van der Waals surface area (Å²) in [6, 6.07) is 10.8. The summed E-state index contributed by atoms with van der Waals surface area (Å²) in [6.45, 7) is 7.58. The molecule has 0 aromatic heterocycles. The van der Waals surface area contributed by atoms with Gasteiger partial charge in [0.2, 0.25) is 10.8 Å². The maximum atomic E-state index is 9.75. The van der Waals surface area contributed by atoms with Gasteiger partial charge in [0.1, 0.15) is 5.75 Å². The number of nitrogens with zero attached hydrogens (tertiary/aromatic N) is 4. The zero-order chi connectivity index (χ0) is 53.7. The number of halogens is 32. The molecule has 2 aromatic carbocycles. The van der Waals surface area contributed by atoms with Crippen LogP contribution in [-0.2, 0) is 0 Å². The van der Waals surface area contributed by atoms with E-state index in [9.17, 15) is 143 Å². The summed E-state index contributed by atoms with van der Waals surface area (Å²) in [6.07, 6.45) is -0.116. The van der Waals surface area contributed by atoms with Crippen molar-refractivity contribution in [3.8, 4) is 22.6 Å². The van der Waals surface area contributed by atoms with Gasteiger partial charge in [0.05, 0.1) is 17.8 Å². The standard InChI is InChI=1S/C18H20N4O2.8BF4/c1-11(2)23-14-7-5-6-13(10-14)15-8-9-16(21-19)18(17(15)22-20)24-12(3)4;8*2-1(3,4)5/h5-12H,1-4H3;;;;;;;;/q+2;8*-1. The van der Waals surface area contributed by atoms with Crippen LogP contribution in [0.5, 0.6) is 11.5 Å². The first-order valence-electron chi connectivity index (χ1n) is 14.8. The molecule has 0 unspecified atom stereocenters. The minimum atomic E-state index is -6.00. The smallest absolute Gasteiger partial charge is 0.491 e. The summed E-state index contributed by atoms with van der Waals surface area (Å²) in [5.41, 5.74) is 1.87. The molecular formula is C18H20B8F32N4O2-6. The molecule has 0 N–H and O–H groups in total. The highest BCUT2D eigenvalue weighted by molar-refractivity contribution is 6.52. The van der Waals surface area contributed by atoms with Gasteiger partial charge in [-0.05, 0) is 51.5 Å². The number of rotatable bonds is 5. The quantitative estimate of drug-likeness (QED) is 0.170. The van der Waals surface area contributed by atoms with Gasteiger partial charge in [0.25, 0.3) is 0 Å². The molecule has 0 spiro atoms. The van der Waals surface area contributed by atoms with Crippen molar-refractivity contribution in [2.24, 2.45) is 0 Å². The Balaban J connectivity index is -0.000000133. The van der Waals surface area contributed by atoms with Crippen LogP contribution in [-0.4, -0.2) is 70.2 Å². The lowest BCUT2D eigenvalue weighted by atomic mass is 10.0. The van der Waals surface area contributed by atoms with E-state index in [0.717, 1.165) is 5.56 Å². The summed E-state index contributed by atoms with van der Waals surface area (Å²) in [5.74, 6) is 0.941. The van der Waals surface area contributed by atoms with Crippen LogP contribution in [0.3, 0.4) is 0 Å². The number of hydrogen-bond acceptors (Lipinski definition) is 4. The van der Waals surface area contributed by atoms with Gasteiger partial charge in [-0.3, -0.25) is 0 Å². The van der Waals surface area contributed by atoms with E-state index in [0.29, 0.717) is 11.3 Å². The first-order chi connectivity index (χ1) is 27.5. The largest absolute Gasteiger partial charge is 0.673 e. The fraction of sp³-hybridized carbons (Fsp3) is 0.333. The van der Waals surface area contributed by atoms with Crippen LogP contribution in [0.2, 0.25) is 0 Å². The topological polar surface area (TPSA) is 74.8 Å². The molecule has 0 aliphatic rings. The first kappa shape index (κ1) is 73.6. The fourth-order valence-corrected chi connectivity index (χ4v) is 2.33. The molecule has 0 bridgehead atoms. The predicted molar refractivity (Wildman–Crippen MR) is 174 cm³/mol. The van der Waals surface area contributed by atoms with Crippen LogP contribution in [0.25, 0.3) is 21.1 Å². The van der Waals surface area contributed by atoms with Gasteiger partial charge < -0.3 is 148 Å². The number of hydrogen-bond donors (Lipinski definition) is 0. The van der Waals surface area contributed by atoms with E-state index in [1.807, 2.05) is 52.0 Å². The molecule has 0 atom stereocenters. The van der Waals surface area contributed by atoms with Crippen molar-refractivity contribution in [1.82, 2.24) is 0 Å². The summed E-state index contributed by atoms with van der Waals surface area (Å²) < 4.78 is 323. The van der Waals surface area contributed by atoms with Crippen LogP contribution in [0.15, 0.2) is 36.4 Å². The van der Waals surface area contributed by atoms with Gasteiger partial charge in [-0.25, -0.2) is 0 Å². The third-order valence-electron chi connectivity index (χ3n) is 3.19. The molecule has 6 nitrogen and oxygen atoms in total. The molecule has 0 saturated heterocycles. The monoisotopic (exact) mass is 1020 g/mol. The second-order valence-corrected chi connectivity index (χ2v) is 9.83. The van der Waals surface area contributed by atoms with E-state index in [-0.39, 0.29) is 29.3 Å². The van der Waals surface area contributed by atoms with Gasteiger partial charge in [0, 0.05) is 6.07 Å². The van der Waals surface area contributed by atoms with Crippen molar-refractivity contribution in [2.45, 2.75) is 39.9 Å². The zero-order valence-electron chi connectivity index (χ0n) is 30.9. The summed E-state index contributed by atoms with van der Waals surface area (Å²) in [5, 5.41) is 18.7. The van der Waals surface area contributed by atoms with E-state index in [4.69, 9.17) is 14.9 Å². The van der Waals surface area contributed by atoms with Gasteiger partial charge in [-0.1, -0.05) is 12.1 Å². The molecule has 2 rings (SSSR count). The molecule has 46 heteroatoms. The molecule has 64 heavy (non-hydrogen) atoms. The molecule has 0 radical (unpaired) electrons. The van der Waals surface area contributed by atoms with E-state index in [2.05, 4.69) is 9.95 Å². The Morgan fingerprint density at radius 3 is 0.875 bits per heavy atom. The number of diazo groups is 2. The summed E-state index contributed by atoms with van der Waals surface area (Å²) in [4.78, 5) is 6.57. The minimum Gasteiger partial charge on any atom is -0.491 e. The van der Waals surface area contributed by atoms with E-state index in [1.54, 1.807) is 12.1 Å². The highest BCUT2D eigenvalue weighted by Gasteiger charge is 2.34. The first-order valence-corrected chi connectivity index (χ1v) is 14.8. The summed E-state index contributed by atoms with van der Waals surface area (Å²) >= 11 is 0. The van der Waals surface area contributed by atoms with Gasteiger partial charge >= 0.3 is 75.2 Å². The normalized spacial score (nSPS) is 11.4. The summed E-state index contributed by atoms with van der Waals surface area (Å²) in [7, 11) is -48.0. The molecule has 378 valence electrons. The molecule has 0 heterocycles. The molecule has 0 saturated carbocycles. The Kier molecular flexibility index (Phi) is 36.7. The van der Waals surface area contributed by atoms with Crippen LogP contribution in [0.1, 0.15) is 27.7 Å². The average molecular weight is 1020 g/mol. The van der Waals surface area contributed by atoms with E-state index < -0.39 is 58.0 Å². The van der Waals surface area contributed by atoms with Gasteiger partial charge in [-0.15, -0.1) is 0 Å². The molecule has 2 aromatic rings. The van der Waals surface area contributed by atoms with Crippen LogP contribution in [0, 0.1) is 10.8 Å². The SMILES string of the molecule is CC(C)Oc1cccc(-c2ccc([N+]#N)c(OC(C)C)c2[N+]#N)c1.F[B-](F)(F)F.F[B-](F)(F)F.F[B-](F)(F)F.F[B-](F)(F)F.F[B-](F)(F)F.F[B-](F)(F)F.F[B-](F)(F)F.F[B-](F)(F)F. The third kappa shape index (κ3) is 124. The van der Waals surface area contributed by atoms with Crippen LogP contribution >= 0.6 is 0 Å². The van der Waals surface area contributed by atoms with Crippen molar-refractivity contribution in [1.29, 1.82) is 10.8 Å². The minimum absolute atomic E-state index is 0.0534. The van der Waals surface area contributed by atoms with Crippen LogP contribution < -0.4 is 9.47 Å². The second-order valence-electron chi connectivity index (χ2n) is 9.83. The number of benzene rings is 2. The molecular weight excluding hydrogens is 999 g/mol. The highest BCUT2D eigenvalue weighted by atomic mass is 19.5. The Morgan fingerprint density at radius 2 is 0.656 bits per heavy atom. The van der Waals surface area contributed by atoms with Gasteiger partial charge in [-0.2, -0.15) is 0 Å². The van der Waals surface area contributed by atoms with Gasteiger partial charge in [0.15, 0.2) is 9.95 Å².